The third kappa shape index (κ3) is 2.02. The van der Waals surface area contributed by atoms with E-state index >= 15 is 0 Å². The molecule has 0 aromatic rings. The average molecular weight is 187 g/mol. The Morgan fingerprint density at radius 3 is 2.69 bits per heavy atom. The van der Waals surface area contributed by atoms with Gasteiger partial charge in [-0.1, -0.05) is 0 Å². The second kappa shape index (κ2) is 3.92. The lowest BCUT2D eigenvalue weighted by atomic mass is 10.1. The standard InChI is InChI=1S/C9H17NO3/c1-6-7(2-3-13-6)10-8-4-12-5-9(8)11/h6-11H,2-5H2,1H3. The van der Waals surface area contributed by atoms with Crippen molar-refractivity contribution in [3.63, 3.8) is 0 Å². The van der Waals surface area contributed by atoms with Crippen molar-refractivity contribution in [1.29, 1.82) is 0 Å². The van der Waals surface area contributed by atoms with Crippen LogP contribution in [-0.4, -0.2) is 49.2 Å². The fourth-order valence-electron chi connectivity index (χ4n) is 1.93. The predicted octanol–water partition coefficient (Wildman–Crippen LogP) is -0.487. The van der Waals surface area contributed by atoms with Gasteiger partial charge in [0.25, 0.3) is 0 Å². The van der Waals surface area contributed by atoms with E-state index in [9.17, 15) is 5.11 Å². The molecule has 0 amide bonds. The molecule has 4 unspecified atom stereocenters. The Labute approximate surface area is 78.2 Å². The molecular weight excluding hydrogens is 170 g/mol. The summed E-state index contributed by atoms with van der Waals surface area (Å²) in [5, 5.41) is 12.9. The van der Waals surface area contributed by atoms with Crippen LogP contribution in [0.15, 0.2) is 0 Å². The maximum atomic E-state index is 9.51. The van der Waals surface area contributed by atoms with E-state index in [0.29, 0.717) is 19.3 Å². The lowest BCUT2D eigenvalue weighted by Gasteiger charge is -2.22. The van der Waals surface area contributed by atoms with Crippen molar-refractivity contribution in [1.82, 2.24) is 5.32 Å². The van der Waals surface area contributed by atoms with Crippen LogP contribution in [0.3, 0.4) is 0 Å². The first-order chi connectivity index (χ1) is 6.27. The van der Waals surface area contributed by atoms with Crippen LogP contribution in [0.1, 0.15) is 13.3 Å². The Morgan fingerprint density at radius 1 is 1.31 bits per heavy atom. The Morgan fingerprint density at radius 2 is 2.15 bits per heavy atom. The minimum Gasteiger partial charge on any atom is -0.389 e. The number of aliphatic hydroxyl groups excluding tert-OH is 1. The third-order valence-electron chi connectivity index (χ3n) is 2.85. The van der Waals surface area contributed by atoms with E-state index in [0.717, 1.165) is 13.0 Å². The Kier molecular flexibility index (Phi) is 2.83. The van der Waals surface area contributed by atoms with Crippen molar-refractivity contribution in [2.24, 2.45) is 0 Å². The van der Waals surface area contributed by atoms with Crippen molar-refractivity contribution in [2.75, 3.05) is 19.8 Å². The second-order valence-corrected chi connectivity index (χ2v) is 3.85. The maximum Gasteiger partial charge on any atom is 0.0948 e. The highest BCUT2D eigenvalue weighted by atomic mass is 16.5. The van der Waals surface area contributed by atoms with E-state index in [2.05, 4.69) is 12.2 Å². The van der Waals surface area contributed by atoms with Gasteiger partial charge in [0.05, 0.1) is 31.5 Å². The molecule has 4 nitrogen and oxygen atoms in total. The summed E-state index contributed by atoms with van der Waals surface area (Å²) >= 11 is 0. The Hall–Kier alpha value is -0.160. The summed E-state index contributed by atoms with van der Waals surface area (Å²) in [5.41, 5.74) is 0. The summed E-state index contributed by atoms with van der Waals surface area (Å²) in [5.74, 6) is 0. The minimum absolute atomic E-state index is 0.0918. The number of nitrogens with one attached hydrogen (secondary N) is 1. The molecule has 0 aromatic heterocycles. The first-order valence-electron chi connectivity index (χ1n) is 4.91. The molecule has 2 aliphatic rings. The van der Waals surface area contributed by atoms with Crippen molar-refractivity contribution < 1.29 is 14.6 Å². The van der Waals surface area contributed by atoms with Crippen LogP contribution < -0.4 is 5.32 Å². The van der Waals surface area contributed by atoms with Gasteiger partial charge in [0.15, 0.2) is 0 Å². The second-order valence-electron chi connectivity index (χ2n) is 3.85. The van der Waals surface area contributed by atoms with Gasteiger partial charge in [-0.2, -0.15) is 0 Å². The van der Waals surface area contributed by atoms with Crippen LogP contribution >= 0.6 is 0 Å². The molecule has 0 saturated carbocycles. The Bertz CT molecular complexity index is 158. The van der Waals surface area contributed by atoms with E-state index in [1.54, 1.807) is 0 Å². The molecule has 13 heavy (non-hydrogen) atoms. The number of hydrogen-bond donors (Lipinski definition) is 2. The van der Waals surface area contributed by atoms with E-state index in [4.69, 9.17) is 9.47 Å². The van der Waals surface area contributed by atoms with Gasteiger partial charge in [0.1, 0.15) is 0 Å². The van der Waals surface area contributed by atoms with Crippen LogP contribution in [0.2, 0.25) is 0 Å². The molecule has 2 heterocycles. The molecule has 0 bridgehead atoms. The van der Waals surface area contributed by atoms with Gasteiger partial charge in [-0.15, -0.1) is 0 Å². The highest BCUT2D eigenvalue weighted by molar-refractivity contribution is 4.88. The molecular formula is C9H17NO3. The minimum atomic E-state index is -0.354. The van der Waals surface area contributed by atoms with Crippen molar-refractivity contribution in [2.45, 2.75) is 37.6 Å². The fraction of sp³-hybridized carbons (Fsp3) is 1.00. The fourth-order valence-corrected chi connectivity index (χ4v) is 1.93. The molecule has 2 aliphatic heterocycles. The lowest BCUT2D eigenvalue weighted by molar-refractivity contribution is 0.100. The highest BCUT2D eigenvalue weighted by Gasteiger charge is 2.32. The number of aliphatic hydroxyl groups is 1. The summed E-state index contributed by atoms with van der Waals surface area (Å²) in [6.07, 6.45) is 0.935. The normalized spacial score (nSPS) is 45.7. The monoisotopic (exact) mass is 187 g/mol. The number of rotatable bonds is 2. The average Bonchev–Trinajstić information content (AvgIpc) is 2.65. The van der Waals surface area contributed by atoms with Gasteiger partial charge in [-0.05, 0) is 13.3 Å². The lowest BCUT2D eigenvalue weighted by Crippen LogP contribution is -2.47. The van der Waals surface area contributed by atoms with E-state index in [-0.39, 0.29) is 18.2 Å². The summed E-state index contributed by atoms with van der Waals surface area (Å²) in [6.45, 7) is 3.96. The molecule has 0 spiro atoms. The molecule has 2 saturated heterocycles. The molecule has 0 radical (unpaired) electrons. The summed E-state index contributed by atoms with van der Waals surface area (Å²) in [6, 6.07) is 0.468. The van der Waals surface area contributed by atoms with Gasteiger partial charge in [-0.25, -0.2) is 0 Å². The van der Waals surface area contributed by atoms with Crippen molar-refractivity contribution in [3.05, 3.63) is 0 Å². The molecule has 4 heteroatoms. The van der Waals surface area contributed by atoms with Gasteiger partial charge >= 0.3 is 0 Å². The molecule has 2 N–H and O–H groups in total. The highest BCUT2D eigenvalue weighted by Crippen LogP contribution is 2.15. The Balaban J connectivity index is 1.82. The van der Waals surface area contributed by atoms with Crippen LogP contribution in [0.25, 0.3) is 0 Å². The third-order valence-corrected chi connectivity index (χ3v) is 2.85. The van der Waals surface area contributed by atoms with Crippen LogP contribution in [0.5, 0.6) is 0 Å². The first-order valence-corrected chi connectivity index (χ1v) is 4.91. The quantitative estimate of drug-likeness (QED) is 0.612. The van der Waals surface area contributed by atoms with Gasteiger partial charge in [0.2, 0.25) is 0 Å². The molecule has 2 fully saturated rings. The zero-order valence-electron chi connectivity index (χ0n) is 7.90. The van der Waals surface area contributed by atoms with Gasteiger partial charge in [0, 0.05) is 12.6 Å². The summed E-state index contributed by atoms with van der Waals surface area (Å²) in [4.78, 5) is 0. The van der Waals surface area contributed by atoms with Crippen LogP contribution in [0, 0.1) is 0 Å². The number of ether oxygens (including phenoxy) is 2. The van der Waals surface area contributed by atoms with Crippen molar-refractivity contribution >= 4 is 0 Å². The maximum absolute atomic E-state index is 9.51. The van der Waals surface area contributed by atoms with Crippen LogP contribution in [-0.2, 0) is 9.47 Å². The van der Waals surface area contributed by atoms with E-state index < -0.39 is 0 Å². The smallest absolute Gasteiger partial charge is 0.0948 e. The summed E-state index contributed by atoms with van der Waals surface area (Å²) in [7, 11) is 0. The molecule has 0 aromatic carbocycles. The molecule has 4 atom stereocenters. The first kappa shape index (κ1) is 9.40. The van der Waals surface area contributed by atoms with Gasteiger partial charge < -0.3 is 19.9 Å². The van der Waals surface area contributed by atoms with E-state index in [1.165, 1.54) is 0 Å². The van der Waals surface area contributed by atoms with Gasteiger partial charge in [-0.3, -0.25) is 0 Å². The number of hydrogen-bond acceptors (Lipinski definition) is 4. The van der Waals surface area contributed by atoms with Crippen LogP contribution in [0.4, 0.5) is 0 Å². The zero-order chi connectivity index (χ0) is 9.26. The summed E-state index contributed by atoms with van der Waals surface area (Å²) < 4.78 is 10.6. The molecule has 2 rings (SSSR count). The SMILES string of the molecule is CC1OCCC1NC1COCC1O. The predicted molar refractivity (Wildman–Crippen MR) is 47.6 cm³/mol. The topological polar surface area (TPSA) is 50.7 Å². The largest absolute Gasteiger partial charge is 0.389 e. The molecule has 76 valence electrons. The zero-order valence-corrected chi connectivity index (χ0v) is 7.90. The molecule has 0 aliphatic carbocycles. The van der Waals surface area contributed by atoms with E-state index in [1.807, 2.05) is 0 Å². The van der Waals surface area contributed by atoms with Crippen molar-refractivity contribution in [3.8, 4) is 0 Å².